The second kappa shape index (κ2) is 11.2. The van der Waals surface area contributed by atoms with Gasteiger partial charge in [-0.1, -0.05) is 48.0 Å². The molecule has 34 heavy (non-hydrogen) atoms. The topological polar surface area (TPSA) is 60.5 Å². The van der Waals surface area contributed by atoms with Gasteiger partial charge in [0.15, 0.2) is 5.78 Å². The number of allylic oxidation sites excluding steroid dienone is 1. The normalized spacial score (nSPS) is 11.2. The molecule has 3 aromatic rings. The van der Waals surface area contributed by atoms with Crippen LogP contribution in [-0.2, 0) is 11.2 Å². The van der Waals surface area contributed by atoms with E-state index in [2.05, 4.69) is 16.9 Å². The minimum atomic E-state index is -0.591. The smallest absolute Gasteiger partial charge is 0.159 e. The molecule has 2 aromatic carbocycles. The Balaban J connectivity index is 1.90. The highest BCUT2D eigenvalue weighted by atomic mass is 35.5. The van der Waals surface area contributed by atoms with Crippen LogP contribution in [0.15, 0.2) is 55.3 Å². The summed E-state index contributed by atoms with van der Waals surface area (Å²) in [5, 5.41) is 3.55. The first-order valence-electron chi connectivity index (χ1n) is 10.2. The second-order valence-corrected chi connectivity index (χ2v) is 8.08. The lowest BCUT2D eigenvalue weighted by Gasteiger charge is -2.14. The Morgan fingerprint density at radius 3 is 2.38 bits per heavy atom. The maximum atomic E-state index is 15.1. The molecule has 0 saturated carbocycles. The van der Waals surface area contributed by atoms with Crippen LogP contribution in [0.3, 0.4) is 0 Å². The highest BCUT2D eigenvalue weighted by molar-refractivity contribution is 6.39. The molecule has 0 fully saturated rings. The van der Waals surface area contributed by atoms with Gasteiger partial charge in [-0.15, -0.1) is 0 Å². The minimum absolute atomic E-state index is 0.0874. The zero-order chi connectivity index (χ0) is 24.8. The molecule has 8 heteroatoms. The first-order valence-corrected chi connectivity index (χ1v) is 11.0. The summed E-state index contributed by atoms with van der Waals surface area (Å²) in [5.41, 5.74) is 3.00. The van der Waals surface area contributed by atoms with Crippen molar-refractivity contribution in [3.8, 4) is 11.5 Å². The van der Waals surface area contributed by atoms with E-state index in [0.29, 0.717) is 17.3 Å². The number of ketones is 1. The first kappa shape index (κ1) is 25.3. The third kappa shape index (κ3) is 5.58. The van der Waals surface area contributed by atoms with Crippen molar-refractivity contribution in [2.75, 3.05) is 19.5 Å². The van der Waals surface area contributed by atoms with Crippen LogP contribution >= 0.6 is 23.2 Å². The Bertz CT molecular complexity index is 1230. The van der Waals surface area contributed by atoms with Gasteiger partial charge in [-0.2, -0.15) is 0 Å². The molecule has 0 saturated heterocycles. The number of halogens is 3. The monoisotopic (exact) mass is 500 g/mol. The van der Waals surface area contributed by atoms with Crippen LogP contribution in [0.1, 0.15) is 22.3 Å². The predicted octanol–water partition coefficient (Wildman–Crippen LogP) is 7.22. The number of aromatic nitrogens is 1. The number of nitrogens with zero attached hydrogens (tertiary/aromatic N) is 1. The Morgan fingerprint density at radius 1 is 1.15 bits per heavy atom. The number of nitrogens with one attached hydrogen (secondary N) is 1. The largest absolute Gasteiger partial charge is 0.495 e. The van der Waals surface area contributed by atoms with Gasteiger partial charge >= 0.3 is 0 Å². The van der Waals surface area contributed by atoms with Crippen LogP contribution in [0.2, 0.25) is 10.0 Å². The lowest BCUT2D eigenvalue weighted by molar-refractivity contribution is -0.114. The molecule has 0 bridgehead atoms. The van der Waals surface area contributed by atoms with Crippen LogP contribution < -0.4 is 14.8 Å². The maximum Gasteiger partial charge on any atom is 0.159 e. The Labute approximate surface area is 207 Å². The molecule has 0 amide bonds. The number of para-hydroxylation sites is 1. The van der Waals surface area contributed by atoms with Crippen molar-refractivity contribution in [2.24, 2.45) is 0 Å². The van der Waals surface area contributed by atoms with Gasteiger partial charge in [-0.3, -0.25) is 4.79 Å². The van der Waals surface area contributed by atoms with Gasteiger partial charge in [-0.05, 0) is 42.3 Å². The van der Waals surface area contributed by atoms with E-state index < -0.39 is 5.83 Å². The second-order valence-electron chi connectivity index (χ2n) is 7.33. The fraction of sp³-hybridized carbons (Fsp3) is 0.154. The summed E-state index contributed by atoms with van der Waals surface area (Å²) in [6, 6.07) is 10.4. The van der Waals surface area contributed by atoms with Crippen LogP contribution in [-0.4, -0.2) is 25.0 Å². The van der Waals surface area contributed by atoms with Crippen molar-refractivity contribution in [2.45, 2.75) is 13.3 Å². The quantitative estimate of drug-likeness (QED) is 0.314. The highest BCUT2D eigenvalue weighted by Crippen LogP contribution is 2.42. The van der Waals surface area contributed by atoms with E-state index in [-0.39, 0.29) is 33.4 Å². The van der Waals surface area contributed by atoms with E-state index in [4.69, 9.17) is 32.7 Å². The van der Waals surface area contributed by atoms with Crippen LogP contribution in [0, 0.1) is 6.92 Å². The highest BCUT2D eigenvalue weighted by Gasteiger charge is 2.17. The van der Waals surface area contributed by atoms with Gasteiger partial charge in [0.05, 0.1) is 24.3 Å². The van der Waals surface area contributed by atoms with Crippen molar-refractivity contribution in [1.29, 1.82) is 0 Å². The average molecular weight is 501 g/mol. The van der Waals surface area contributed by atoms with Gasteiger partial charge < -0.3 is 14.8 Å². The van der Waals surface area contributed by atoms with Crippen molar-refractivity contribution < 1.29 is 18.7 Å². The van der Waals surface area contributed by atoms with E-state index in [1.165, 1.54) is 38.6 Å². The summed E-state index contributed by atoms with van der Waals surface area (Å²) < 4.78 is 25.5. The van der Waals surface area contributed by atoms with Crippen molar-refractivity contribution in [3.63, 3.8) is 0 Å². The summed E-state index contributed by atoms with van der Waals surface area (Å²) in [5.74, 6) is 0.437. The zero-order valence-corrected chi connectivity index (χ0v) is 20.4. The van der Waals surface area contributed by atoms with Crippen molar-refractivity contribution >= 4 is 52.4 Å². The SMILES string of the molecule is C=CC(=O)Cc1cccc(C)c1Nc1ccc(/C(F)=C/c2c(Cl)c(OC)cc(OC)c2Cl)cn1. The molecule has 176 valence electrons. The molecule has 0 unspecified atom stereocenters. The van der Waals surface area contributed by atoms with E-state index >= 15 is 4.39 Å². The maximum absolute atomic E-state index is 15.1. The molecule has 0 aliphatic carbocycles. The van der Waals surface area contributed by atoms with Crippen molar-refractivity contribution in [3.05, 3.63) is 87.5 Å². The molecule has 1 aromatic heterocycles. The number of hydrogen-bond donors (Lipinski definition) is 1. The molecule has 0 aliphatic rings. The molecule has 1 N–H and O–H groups in total. The number of aryl methyl sites for hydroxylation is 1. The summed E-state index contributed by atoms with van der Waals surface area (Å²) >= 11 is 12.7. The Kier molecular flexibility index (Phi) is 8.31. The zero-order valence-electron chi connectivity index (χ0n) is 18.9. The first-order chi connectivity index (χ1) is 16.3. The minimum Gasteiger partial charge on any atom is -0.495 e. The molecular weight excluding hydrogens is 478 g/mol. The van der Waals surface area contributed by atoms with Gasteiger partial charge in [0.25, 0.3) is 0 Å². The summed E-state index contributed by atoms with van der Waals surface area (Å²) in [4.78, 5) is 16.2. The van der Waals surface area contributed by atoms with E-state index in [0.717, 1.165) is 16.8 Å². The summed E-state index contributed by atoms with van der Waals surface area (Å²) in [6.45, 7) is 5.45. The summed E-state index contributed by atoms with van der Waals surface area (Å²) in [7, 11) is 2.89. The third-order valence-corrected chi connectivity index (χ3v) is 5.90. The number of anilines is 2. The molecule has 0 radical (unpaired) electrons. The van der Waals surface area contributed by atoms with E-state index in [1.54, 1.807) is 12.1 Å². The molecule has 0 aliphatic heterocycles. The fourth-order valence-electron chi connectivity index (χ4n) is 3.29. The van der Waals surface area contributed by atoms with Gasteiger partial charge in [-0.25, -0.2) is 9.37 Å². The lowest BCUT2D eigenvalue weighted by atomic mass is 10.0. The van der Waals surface area contributed by atoms with Crippen molar-refractivity contribution in [1.82, 2.24) is 4.98 Å². The molecule has 0 spiro atoms. The number of hydrogen-bond acceptors (Lipinski definition) is 5. The molecule has 0 atom stereocenters. The van der Waals surface area contributed by atoms with Gasteiger partial charge in [0.1, 0.15) is 23.1 Å². The molecular formula is C26H23Cl2FN2O3. The number of pyridine rings is 1. The van der Waals surface area contributed by atoms with E-state index in [9.17, 15) is 4.79 Å². The van der Waals surface area contributed by atoms with E-state index in [1.807, 2.05) is 25.1 Å². The number of rotatable bonds is 9. The predicted molar refractivity (Wildman–Crippen MR) is 136 cm³/mol. The lowest BCUT2D eigenvalue weighted by Crippen LogP contribution is -2.04. The standard InChI is InChI=1S/C26H23Cl2FN2O3/c1-5-18(32)11-16-8-6-7-15(2)26(16)31-23-10-9-17(14-30-23)20(29)12-19-24(27)21(33-3)13-22(34-4)25(19)28/h5-10,12-14H,1,11H2,2-4H3,(H,30,31)/b20-12-. The molecule has 5 nitrogen and oxygen atoms in total. The number of methoxy groups -OCH3 is 2. The van der Waals surface area contributed by atoms with Crippen LogP contribution in [0.4, 0.5) is 15.9 Å². The van der Waals surface area contributed by atoms with Crippen LogP contribution in [0.5, 0.6) is 11.5 Å². The number of carbonyl (C=O) groups is 1. The number of carbonyl (C=O) groups excluding carboxylic acids is 1. The molecule has 1 heterocycles. The summed E-state index contributed by atoms with van der Waals surface area (Å²) in [6.07, 6.45) is 4.11. The number of ether oxygens (including phenoxy) is 2. The average Bonchev–Trinajstić information content (AvgIpc) is 2.84. The fourth-order valence-corrected chi connectivity index (χ4v) is 3.90. The molecule has 3 rings (SSSR count). The van der Waals surface area contributed by atoms with Crippen LogP contribution in [0.25, 0.3) is 11.9 Å². The number of benzene rings is 2. The van der Waals surface area contributed by atoms with Gasteiger partial charge in [0.2, 0.25) is 0 Å². The Morgan fingerprint density at radius 2 is 1.82 bits per heavy atom. The Hall–Kier alpha value is -3.35. The third-order valence-electron chi connectivity index (χ3n) is 5.12. The van der Waals surface area contributed by atoms with Gasteiger partial charge in [0, 0.05) is 35.5 Å².